The van der Waals surface area contributed by atoms with Crippen molar-refractivity contribution in [2.75, 3.05) is 7.11 Å². The summed E-state index contributed by atoms with van der Waals surface area (Å²) < 4.78 is 23.7. The number of ether oxygens (including phenoxy) is 2. The van der Waals surface area contributed by atoms with E-state index in [4.69, 9.17) is 21.1 Å². The smallest absolute Gasteiger partial charge is 0.167 e. The highest BCUT2D eigenvalue weighted by atomic mass is 35.5. The van der Waals surface area contributed by atoms with Gasteiger partial charge in [-0.1, -0.05) is 23.7 Å². The fraction of sp³-hybridized carbons (Fsp3) is 0.200. The highest BCUT2D eigenvalue weighted by molar-refractivity contribution is 6.30. The Labute approximate surface area is 121 Å². The van der Waals surface area contributed by atoms with Crippen LogP contribution in [0.25, 0.3) is 0 Å². The fourth-order valence-corrected chi connectivity index (χ4v) is 2.02. The molecular formula is C15H14ClFO3. The van der Waals surface area contributed by atoms with Crippen LogP contribution in [-0.2, 0) is 13.2 Å². The maximum Gasteiger partial charge on any atom is 0.167 e. The van der Waals surface area contributed by atoms with Crippen molar-refractivity contribution in [1.29, 1.82) is 0 Å². The summed E-state index contributed by atoms with van der Waals surface area (Å²) in [4.78, 5) is 0. The van der Waals surface area contributed by atoms with Crippen LogP contribution in [0.1, 0.15) is 11.1 Å². The molecule has 0 bridgehead atoms. The number of rotatable bonds is 5. The maximum absolute atomic E-state index is 12.8. The van der Waals surface area contributed by atoms with Crippen molar-refractivity contribution in [2.24, 2.45) is 0 Å². The van der Waals surface area contributed by atoms with Gasteiger partial charge in [0.25, 0.3) is 0 Å². The number of hydrogen-bond acceptors (Lipinski definition) is 3. The van der Waals surface area contributed by atoms with Crippen molar-refractivity contribution in [3.05, 3.63) is 58.4 Å². The van der Waals surface area contributed by atoms with Crippen LogP contribution in [0.5, 0.6) is 11.5 Å². The van der Waals surface area contributed by atoms with E-state index in [0.29, 0.717) is 22.1 Å². The van der Waals surface area contributed by atoms with Crippen LogP contribution < -0.4 is 9.47 Å². The molecule has 0 saturated carbocycles. The monoisotopic (exact) mass is 296 g/mol. The molecule has 0 unspecified atom stereocenters. The lowest BCUT2D eigenvalue weighted by Gasteiger charge is -2.14. The van der Waals surface area contributed by atoms with E-state index in [0.717, 1.165) is 5.56 Å². The Hall–Kier alpha value is -1.78. The Morgan fingerprint density at radius 1 is 1.20 bits per heavy atom. The first kappa shape index (κ1) is 14.6. The lowest BCUT2D eigenvalue weighted by Crippen LogP contribution is -2.01. The summed E-state index contributed by atoms with van der Waals surface area (Å²) in [7, 11) is 1.50. The van der Waals surface area contributed by atoms with Crippen molar-refractivity contribution >= 4 is 11.6 Å². The average molecular weight is 297 g/mol. The Morgan fingerprint density at radius 3 is 2.50 bits per heavy atom. The summed E-state index contributed by atoms with van der Waals surface area (Å²) in [5.41, 5.74) is 1.35. The molecule has 0 atom stereocenters. The van der Waals surface area contributed by atoms with E-state index in [1.165, 1.54) is 19.2 Å². The zero-order valence-electron chi connectivity index (χ0n) is 10.9. The summed E-state index contributed by atoms with van der Waals surface area (Å²) in [5, 5.41) is 9.81. The van der Waals surface area contributed by atoms with Crippen LogP contribution in [0, 0.1) is 5.82 Å². The van der Waals surface area contributed by atoms with Gasteiger partial charge in [-0.3, -0.25) is 0 Å². The van der Waals surface area contributed by atoms with Crippen LogP contribution >= 0.6 is 11.6 Å². The fourth-order valence-electron chi connectivity index (χ4n) is 1.79. The van der Waals surface area contributed by atoms with E-state index in [2.05, 4.69) is 0 Å². The van der Waals surface area contributed by atoms with Gasteiger partial charge in [0.15, 0.2) is 11.5 Å². The number of aliphatic hydroxyl groups excluding tert-OH is 1. The Balaban J connectivity index is 2.21. The topological polar surface area (TPSA) is 38.7 Å². The largest absolute Gasteiger partial charge is 0.493 e. The molecule has 3 nitrogen and oxygen atoms in total. The highest BCUT2D eigenvalue weighted by Crippen LogP contribution is 2.35. The minimum Gasteiger partial charge on any atom is -0.493 e. The third-order valence-electron chi connectivity index (χ3n) is 2.78. The van der Waals surface area contributed by atoms with E-state index in [1.54, 1.807) is 24.3 Å². The first-order chi connectivity index (χ1) is 9.63. The molecule has 0 aliphatic heterocycles. The van der Waals surface area contributed by atoms with Gasteiger partial charge in [-0.2, -0.15) is 0 Å². The molecule has 0 radical (unpaired) electrons. The summed E-state index contributed by atoms with van der Waals surface area (Å²) in [5.74, 6) is 0.584. The quantitative estimate of drug-likeness (QED) is 0.917. The second-order valence-corrected chi connectivity index (χ2v) is 4.61. The molecule has 0 amide bonds. The first-order valence-electron chi connectivity index (χ1n) is 5.98. The maximum atomic E-state index is 12.8. The molecule has 106 valence electrons. The molecule has 20 heavy (non-hydrogen) atoms. The predicted octanol–water partition coefficient (Wildman–Crippen LogP) is 3.56. The third kappa shape index (κ3) is 3.40. The Bertz CT molecular complexity index is 559. The molecule has 0 saturated heterocycles. The van der Waals surface area contributed by atoms with Gasteiger partial charge in [0.1, 0.15) is 12.4 Å². The minimum atomic E-state index is -0.297. The molecule has 0 aliphatic carbocycles. The minimum absolute atomic E-state index is 0.213. The number of benzene rings is 2. The zero-order chi connectivity index (χ0) is 14.5. The lowest BCUT2D eigenvalue weighted by molar-refractivity contribution is 0.250. The predicted molar refractivity (Wildman–Crippen MR) is 74.7 cm³/mol. The second-order valence-electron chi connectivity index (χ2n) is 4.17. The molecule has 0 aromatic heterocycles. The zero-order valence-corrected chi connectivity index (χ0v) is 11.7. The molecular weight excluding hydrogens is 283 g/mol. The van der Waals surface area contributed by atoms with Gasteiger partial charge in [0, 0.05) is 16.7 Å². The molecule has 2 aromatic carbocycles. The van der Waals surface area contributed by atoms with Gasteiger partial charge in [-0.05, 0) is 23.8 Å². The number of hydrogen-bond donors (Lipinski definition) is 1. The van der Waals surface area contributed by atoms with E-state index < -0.39 is 0 Å². The van der Waals surface area contributed by atoms with Crippen molar-refractivity contribution in [1.82, 2.24) is 0 Å². The van der Waals surface area contributed by atoms with Crippen molar-refractivity contribution in [2.45, 2.75) is 13.2 Å². The number of methoxy groups -OCH3 is 1. The number of halogens is 2. The molecule has 2 aromatic rings. The Morgan fingerprint density at radius 2 is 1.90 bits per heavy atom. The molecule has 0 aliphatic rings. The van der Waals surface area contributed by atoms with Crippen LogP contribution in [0.15, 0.2) is 36.4 Å². The van der Waals surface area contributed by atoms with E-state index in [-0.39, 0.29) is 19.0 Å². The summed E-state index contributed by atoms with van der Waals surface area (Å²) in [6, 6.07) is 9.23. The number of aliphatic hydroxyl groups is 1. The summed E-state index contributed by atoms with van der Waals surface area (Å²) >= 11 is 5.93. The normalized spacial score (nSPS) is 10.4. The highest BCUT2D eigenvalue weighted by Gasteiger charge is 2.12. The van der Waals surface area contributed by atoms with E-state index in [1.807, 2.05) is 0 Å². The van der Waals surface area contributed by atoms with Gasteiger partial charge in [-0.15, -0.1) is 0 Å². The van der Waals surface area contributed by atoms with Crippen molar-refractivity contribution < 1.29 is 19.0 Å². The molecule has 0 spiro atoms. The SMILES string of the molecule is COc1cc(Cl)cc(CO)c1OCc1ccc(F)cc1. The average Bonchev–Trinajstić information content (AvgIpc) is 2.46. The molecule has 1 N–H and O–H groups in total. The van der Waals surface area contributed by atoms with Crippen LogP contribution in [-0.4, -0.2) is 12.2 Å². The van der Waals surface area contributed by atoms with Gasteiger partial charge >= 0.3 is 0 Å². The molecule has 2 rings (SSSR count). The van der Waals surface area contributed by atoms with Crippen LogP contribution in [0.3, 0.4) is 0 Å². The second kappa shape index (κ2) is 6.59. The molecule has 0 fully saturated rings. The van der Waals surface area contributed by atoms with Gasteiger partial charge < -0.3 is 14.6 Å². The van der Waals surface area contributed by atoms with E-state index in [9.17, 15) is 9.50 Å². The van der Waals surface area contributed by atoms with Gasteiger partial charge in [0.05, 0.1) is 13.7 Å². The van der Waals surface area contributed by atoms with Crippen LogP contribution in [0.4, 0.5) is 4.39 Å². The van der Waals surface area contributed by atoms with E-state index >= 15 is 0 Å². The summed E-state index contributed by atoms with van der Waals surface area (Å²) in [6.45, 7) is 0.0287. The summed E-state index contributed by atoms with van der Waals surface area (Å²) in [6.07, 6.45) is 0. The first-order valence-corrected chi connectivity index (χ1v) is 6.36. The van der Waals surface area contributed by atoms with Crippen molar-refractivity contribution in [3.8, 4) is 11.5 Å². The molecule has 0 heterocycles. The molecule has 5 heteroatoms. The van der Waals surface area contributed by atoms with Gasteiger partial charge in [-0.25, -0.2) is 4.39 Å². The third-order valence-corrected chi connectivity index (χ3v) is 3.00. The van der Waals surface area contributed by atoms with Gasteiger partial charge in [0.2, 0.25) is 0 Å². The van der Waals surface area contributed by atoms with Crippen molar-refractivity contribution in [3.63, 3.8) is 0 Å². The Kier molecular flexibility index (Phi) is 4.82. The van der Waals surface area contributed by atoms with Crippen LogP contribution in [0.2, 0.25) is 5.02 Å². The lowest BCUT2D eigenvalue weighted by atomic mass is 10.2. The standard InChI is InChI=1S/C15H14ClFO3/c1-19-14-7-12(16)6-11(8-18)15(14)20-9-10-2-4-13(17)5-3-10/h2-7,18H,8-9H2,1H3.